The van der Waals surface area contributed by atoms with Gasteiger partial charge in [0.15, 0.2) is 0 Å². The maximum atomic E-state index is 12.1. The molecule has 1 amide bonds. The zero-order valence-corrected chi connectivity index (χ0v) is 10.6. The topological polar surface area (TPSA) is 78.0 Å². The van der Waals surface area contributed by atoms with E-state index in [2.05, 4.69) is 15.5 Å². The minimum atomic E-state index is -0.190. The van der Waals surface area contributed by atoms with Crippen molar-refractivity contribution in [2.75, 3.05) is 0 Å². The van der Waals surface area contributed by atoms with Crippen molar-refractivity contribution >= 4 is 16.8 Å². The van der Waals surface area contributed by atoms with E-state index in [1.807, 2.05) is 12.1 Å². The van der Waals surface area contributed by atoms with Crippen LogP contribution in [0, 0.1) is 0 Å². The Hall–Kier alpha value is -2.82. The van der Waals surface area contributed by atoms with Gasteiger partial charge in [0.25, 0.3) is 5.91 Å². The number of nitrogens with zero attached hydrogens (tertiary/aromatic N) is 1. The van der Waals surface area contributed by atoms with Crippen LogP contribution in [0.4, 0.5) is 0 Å². The molecule has 0 fully saturated rings. The number of rotatable bonds is 3. The predicted octanol–water partition coefficient (Wildman–Crippen LogP) is 2.20. The smallest absolute Gasteiger partial charge is 0.251 e. The van der Waals surface area contributed by atoms with Crippen LogP contribution in [0.5, 0.6) is 5.75 Å². The summed E-state index contributed by atoms with van der Waals surface area (Å²) in [6, 6.07) is 12.3. The van der Waals surface area contributed by atoms with E-state index < -0.39 is 0 Å². The maximum absolute atomic E-state index is 12.1. The van der Waals surface area contributed by atoms with Gasteiger partial charge in [-0.05, 0) is 18.2 Å². The van der Waals surface area contributed by atoms with Crippen LogP contribution in [-0.4, -0.2) is 21.2 Å². The number of fused-ring (bicyclic) bond motifs is 1. The van der Waals surface area contributed by atoms with Crippen LogP contribution in [0.2, 0.25) is 0 Å². The minimum absolute atomic E-state index is 0.178. The van der Waals surface area contributed by atoms with Gasteiger partial charge in [0.1, 0.15) is 5.75 Å². The fourth-order valence-electron chi connectivity index (χ4n) is 2.02. The van der Waals surface area contributed by atoms with E-state index in [0.717, 1.165) is 10.9 Å². The van der Waals surface area contributed by atoms with E-state index in [9.17, 15) is 9.90 Å². The number of hydrogen-bond donors (Lipinski definition) is 3. The summed E-state index contributed by atoms with van der Waals surface area (Å²) in [4.78, 5) is 12.1. The first kappa shape index (κ1) is 12.2. The summed E-state index contributed by atoms with van der Waals surface area (Å²) in [6.45, 7) is 0.284. The lowest BCUT2D eigenvalue weighted by molar-refractivity contribution is 0.0951. The Kier molecular flexibility index (Phi) is 3.09. The minimum Gasteiger partial charge on any atom is -0.508 e. The van der Waals surface area contributed by atoms with E-state index >= 15 is 0 Å². The highest BCUT2D eigenvalue weighted by Gasteiger charge is 2.08. The summed E-state index contributed by atoms with van der Waals surface area (Å²) >= 11 is 0. The lowest BCUT2D eigenvalue weighted by Crippen LogP contribution is -2.22. The average molecular weight is 267 g/mol. The van der Waals surface area contributed by atoms with Crippen molar-refractivity contribution in [3.63, 3.8) is 0 Å². The molecule has 20 heavy (non-hydrogen) atoms. The number of carbonyl (C=O) groups is 1. The van der Waals surface area contributed by atoms with E-state index in [4.69, 9.17) is 0 Å². The Balaban J connectivity index is 1.74. The molecule has 0 unspecified atom stereocenters. The van der Waals surface area contributed by atoms with Crippen molar-refractivity contribution in [2.24, 2.45) is 0 Å². The highest BCUT2D eigenvalue weighted by Crippen LogP contribution is 2.16. The van der Waals surface area contributed by atoms with Gasteiger partial charge in [-0.25, -0.2) is 0 Å². The first-order chi connectivity index (χ1) is 9.74. The molecule has 100 valence electrons. The molecular weight excluding hydrogens is 254 g/mol. The van der Waals surface area contributed by atoms with Gasteiger partial charge in [-0.3, -0.25) is 9.89 Å². The number of para-hydroxylation sites is 1. The van der Waals surface area contributed by atoms with Crippen LogP contribution in [0.15, 0.2) is 48.7 Å². The first-order valence-electron chi connectivity index (χ1n) is 6.22. The number of H-pyrrole nitrogens is 1. The third-order valence-corrected chi connectivity index (χ3v) is 3.14. The van der Waals surface area contributed by atoms with Crippen molar-refractivity contribution in [1.82, 2.24) is 15.5 Å². The highest BCUT2D eigenvalue weighted by molar-refractivity contribution is 5.97. The van der Waals surface area contributed by atoms with Crippen molar-refractivity contribution in [2.45, 2.75) is 6.54 Å². The zero-order valence-electron chi connectivity index (χ0n) is 10.6. The van der Waals surface area contributed by atoms with Crippen LogP contribution in [0.3, 0.4) is 0 Å². The Morgan fingerprint density at radius 1 is 1.25 bits per heavy atom. The number of amides is 1. The number of phenols is 1. The Bertz CT molecular complexity index is 764. The monoisotopic (exact) mass is 267 g/mol. The first-order valence-corrected chi connectivity index (χ1v) is 6.22. The number of aromatic amines is 1. The highest BCUT2D eigenvalue weighted by atomic mass is 16.3. The molecule has 3 rings (SSSR count). The molecule has 0 saturated heterocycles. The fourth-order valence-corrected chi connectivity index (χ4v) is 2.02. The number of phenolic OH excluding ortho intramolecular Hbond substituents is 1. The van der Waals surface area contributed by atoms with E-state index in [-0.39, 0.29) is 18.2 Å². The summed E-state index contributed by atoms with van der Waals surface area (Å²) < 4.78 is 0. The Morgan fingerprint density at radius 3 is 2.95 bits per heavy atom. The number of nitrogens with one attached hydrogen (secondary N) is 2. The maximum Gasteiger partial charge on any atom is 0.251 e. The standard InChI is InChI=1S/C15H13N3O2/c19-14-4-2-1-3-12(14)8-16-15(20)10-5-6-11-9-17-18-13(11)7-10/h1-7,9,19H,8H2,(H,16,20)(H,17,18). The third-order valence-electron chi connectivity index (χ3n) is 3.14. The summed E-state index contributed by atoms with van der Waals surface area (Å²) in [7, 11) is 0. The van der Waals surface area contributed by atoms with Crippen molar-refractivity contribution in [1.29, 1.82) is 0 Å². The predicted molar refractivity (Wildman–Crippen MR) is 75.4 cm³/mol. The summed E-state index contributed by atoms with van der Waals surface area (Å²) in [5.41, 5.74) is 2.06. The second-order valence-electron chi connectivity index (χ2n) is 4.48. The Labute approximate surface area is 115 Å². The molecule has 1 heterocycles. The molecule has 0 spiro atoms. The van der Waals surface area contributed by atoms with Gasteiger partial charge in [-0.2, -0.15) is 5.10 Å². The molecule has 5 heteroatoms. The van der Waals surface area contributed by atoms with E-state index in [1.165, 1.54) is 0 Å². The van der Waals surface area contributed by atoms with Crippen molar-refractivity contribution in [3.8, 4) is 5.75 Å². The Morgan fingerprint density at radius 2 is 2.10 bits per heavy atom. The molecule has 2 aromatic carbocycles. The normalized spacial score (nSPS) is 10.6. The van der Waals surface area contributed by atoms with Gasteiger partial charge in [-0.15, -0.1) is 0 Å². The number of carbonyl (C=O) groups excluding carboxylic acids is 1. The van der Waals surface area contributed by atoms with E-state index in [0.29, 0.717) is 11.1 Å². The van der Waals surface area contributed by atoms with Crippen LogP contribution in [0.1, 0.15) is 15.9 Å². The molecule has 0 bridgehead atoms. The molecule has 0 aliphatic rings. The molecular formula is C15H13N3O2. The second kappa shape index (κ2) is 5.05. The number of benzene rings is 2. The molecule has 1 aromatic heterocycles. The van der Waals surface area contributed by atoms with Gasteiger partial charge in [-0.1, -0.05) is 24.3 Å². The lowest BCUT2D eigenvalue weighted by atomic mass is 10.1. The molecule has 3 N–H and O–H groups in total. The largest absolute Gasteiger partial charge is 0.508 e. The molecule has 0 aliphatic heterocycles. The summed E-state index contributed by atoms with van der Waals surface area (Å²) in [5.74, 6) is -0.0124. The lowest BCUT2D eigenvalue weighted by Gasteiger charge is -2.07. The number of aromatic nitrogens is 2. The second-order valence-corrected chi connectivity index (χ2v) is 4.48. The van der Waals surface area contributed by atoms with E-state index in [1.54, 1.807) is 36.5 Å². The molecule has 0 atom stereocenters. The van der Waals surface area contributed by atoms with Crippen LogP contribution < -0.4 is 5.32 Å². The average Bonchev–Trinajstić information content (AvgIpc) is 2.93. The summed E-state index contributed by atoms with van der Waals surface area (Å²) in [5, 5.41) is 20.1. The van der Waals surface area contributed by atoms with Crippen LogP contribution in [-0.2, 0) is 6.54 Å². The van der Waals surface area contributed by atoms with Gasteiger partial charge < -0.3 is 10.4 Å². The van der Waals surface area contributed by atoms with Gasteiger partial charge >= 0.3 is 0 Å². The number of aromatic hydroxyl groups is 1. The third kappa shape index (κ3) is 2.33. The van der Waals surface area contributed by atoms with Crippen LogP contribution >= 0.6 is 0 Å². The van der Waals surface area contributed by atoms with Crippen molar-refractivity contribution in [3.05, 3.63) is 59.8 Å². The molecule has 0 radical (unpaired) electrons. The van der Waals surface area contributed by atoms with Crippen LogP contribution in [0.25, 0.3) is 10.9 Å². The van der Waals surface area contributed by atoms with Gasteiger partial charge in [0, 0.05) is 23.1 Å². The molecule has 0 aliphatic carbocycles. The van der Waals surface area contributed by atoms with Gasteiger partial charge in [0.05, 0.1) is 11.7 Å². The quantitative estimate of drug-likeness (QED) is 0.680. The SMILES string of the molecule is O=C(NCc1ccccc1O)c1ccc2cn[nH]c2c1. The summed E-state index contributed by atoms with van der Waals surface area (Å²) in [6.07, 6.45) is 1.71. The molecule has 0 saturated carbocycles. The molecule has 5 nitrogen and oxygen atoms in total. The van der Waals surface area contributed by atoms with Crippen molar-refractivity contribution < 1.29 is 9.90 Å². The molecule has 3 aromatic rings. The number of hydrogen-bond acceptors (Lipinski definition) is 3. The van der Waals surface area contributed by atoms with Gasteiger partial charge in [0.2, 0.25) is 0 Å². The fraction of sp³-hybridized carbons (Fsp3) is 0.0667. The zero-order chi connectivity index (χ0) is 13.9.